The number of amidine groups is 1. The second-order valence-electron chi connectivity index (χ2n) is 5.38. The van der Waals surface area contributed by atoms with Gasteiger partial charge in [0.25, 0.3) is 0 Å². The number of rotatable bonds is 3. The van der Waals surface area contributed by atoms with Gasteiger partial charge in [0.15, 0.2) is 0 Å². The third-order valence-corrected chi connectivity index (χ3v) is 24.8. The third kappa shape index (κ3) is 3.41. The fourth-order valence-electron chi connectivity index (χ4n) is 2.63. The van der Waals surface area contributed by atoms with Crippen molar-refractivity contribution in [3.63, 3.8) is 0 Å². The van der Waals surface area contributed by atoms with E-state index >= 15 is 0 Å². The molecule has 2 aliphatic heterocycles. The first-order valence-corrected chi connectivity index (χ1v) is 15.8. The molecule has 23 heavy (non-hydrogen) atoms. The van der Waals surface area contributed by atoms with Gasteiger partial charge in [0.1, 0.15) is 0 Å². The van der Waals surface area contributed by atoms with Crippen LogP contribution in [0.25, 0.3) is 0 Å². The van der Waals surface area contributed by atoms with Crippen molar-refractivity contribution in [2.24, 2.45) is 4.76 Å². The van der Waals surface area contributed by atoms with Gasteiger partial charge in [-0.3, -0.25) is 0 Å². The summed E-state index contributed by atoms with van der Waals surface area (Å²) in [6.45, 7) is 1.99. The van der Waals surface area contributed by atoms with Crippen LogP contribution in [0.2, 0.25) is 0 Å². The van der Waals surface area contributed by atoms with Crippen LogP contribution in [0.1, 0.15) is 6.92 Å². The molecule has 0 saturated carbocycles. The zero-order valence-electron chi connectivity index (χ0n) is 13.1. The number of carbonyl (C=O) groups excluding carboxylic acids is 1. The Bertz CT molecular complexity index is 797. The number of hydrogen-bond donors (Lipinski definition) is 2. The van der Waals surface area contributed by atoms with Crippen molar-refractivity contribution in [2.45, 2.75) is 8.01 Å². The normalized spacial score (nSPS) is 26.9. The van der Waals surface area contributed by atoms with Gasteiger partial charge in [-0.15, -0.1) is 0 Å². The van der Waals surface area contributed by atoms with Crippen LogP contribution < -0.4 is 10.6 Å². The summed E-state index contributed by atoms with van der Waals surface area (Å²) in [6.07, 6.45) is 0. The Morgan fingerprint density at radius 3 is 2.83 bits per heavy atom. The molecule has 0 radical (unpaired) electrons. The molecule has 0 bridgehead atoms. The van der Waals surface area contributed by atoms with E-state index in [9.17, 15) is 14.5 Å². The van der Waals surface area contributed by atoms with Crippen molar-refractivity contribution in [3.8, 4) is 0 Å². The molecule has 2 atom stereocenters. The predicted molar refractivity (Wildman–Crippen MR) is 83.8 cm³/mol. The Balaban J connectivity index is 2.14. The Morgan fingerprint density at radius 1 is 1.52 bits per heavy atom. The monoisotopic (exact) mass is 617 g/mol. The summed E-state index contributed by atoms with van der Waals surface area (Å²) in [5, 5.41) is 13.9. The van der Waals surface area contributed by atoms with Crippen molar-refractivity contribution < 1.29 is 61.8 Å². The average Bonchev–Trinajstić information content (AvgIpc) is 2.71. The van der Waals surface area contributed by atoms with Crippen molar-refractivity contribution >= 4 is 86.3 Å². The van der Waals surface area contributed by atoms with Gasteiger partial charge in [-0.05, 0) is 0 Å². The molecule has 10 heteroatoms. The Morgan fingerprint density at radius 2 is 2.22 bits per heavy atom. The zero-order valence-corrected chi connectivity index (χ0v) is 27.1. The first kappa shape index (κ1) is 18.9. The summed E-state index contributed by atoms with van der Waals surface area (Å²) >= 11 is -0.138. The third-order valence-electron chi connectivity index (χ3n) is 4.00. The number of para-hydroxylation sites is 1. The fourth-order valence-corrected chi connectivity index (χ4v) is 7.70. The summed E-state index contributed by atoms with van der Waals surface area (Å²) in [5.41, 5.74) is 0.742. The number of carbonyl (C=O) groups is 1. The average molecular weight is 618 g/mol. The van der Waals surface area contributed by atoms with E-state index in [-0.39, 0.29) is 130 Å². The summed E-state index contributed by atoms with van der Waals surface area (Å²) in [4.78, 5) is 12.5. The predicted octanol–water partition coefficient (Wildman–Crippen LogP) is 0.711. The van der Waals surface area contributed by atoms with Crippen LogP contribution in [-0.2, 0) is 13.9 Å². The minimum atomic E-state index is -3.46. The molecular weight excluding hydrogens is 605 g/mol. The van der Waals surface area contributed by atoms with Gasteiger partial charge in [-0.1, -0.05) is 0 Å². The van der Waals surface area contributed by atoms with Crippen LogP contribution in [0.3, 0.4) is 0 Å². The van der Waals surface area contributed by atoms with Gasteiger partial charge >= 0.3 is 207 Å². The SMILES string of the molecule is CCOP1(=O)N=C(C2=C(O)[C@H]([RaH])[N]([Rb])C2=O)Nc2ccccc21. The molecule has 0 aromatic heterocycles. The van der Waals surface area contributed by atoms with Gasteiger partial charge in [-0.2, -0.15) is 0 Å². The summed E-state index contributed by atoms with van der Waals surface area (Å²) in [6, 6.07) is 7.04. The first-order valence-electron chi connectivity index (χ1n) is 7.31. The molecule has 1 aromatic rings. The Labute approximate surface area is 203 Å². The van der Waals surface area contributed by atoms with Gasteiger partial charge in [0.05, 0.1) is 0 Å². The zero-order chi connectivity index (χ0) is 16.8. The van der Waals surface area contributed by atoms with Crippen molar-refractivity contribution in [1.29, 1.82) is 0 Å². The maximum absolute atomic E-state index is 13.1. The molecule has 0 aliphatic carbocycles. The molecule has 112 valence electrons. The number of nitrogens with one attached hydrogen (secondary N) is 1. The number of nitrogens with zero attached hydrogens (tertiary/aromatic N) is 2. The number of hydrogen-bond acceptors (Lipinski definition) is 5. The molecule has 1 unspecified atom stereocenters. The molecule has 3 rings (SSSR count). The van der Waals surface area contributed by atoms with Crippen LogP contribution in [0.4, 0.5) is 5.69 Å². The number of amides is 1. The van der Waals surface area contributed by atoms with Crippen LogP contribution >= 0.6 is 7.52 Å². The van der Waals surface area contributed by atoms with Gasteiger partial charge in [0.2, 0.25) is 0 Å². The van der Waals surface area contributed by atoms with E-state index in [2.05, 4.69) is 10.1 Å². The summed E-state index contributed by atoms with van der Waals surface area (Å²) < 4.78 is 24.4. The van der Waals surface area contributed by atoms with E-state index in [1.54, 1.807) is 29.8 Å². The molecular formula is C13H13N3O4PRaRb. The van der Waals surface area contributed by atoms with Crippen molar-refractivity contribution in [2.75, 3.05) is 11.9 Å². The Kier molecular flexibility index (Phi) is 6.11. The molecule has 1 amide bonds. The number of fused-ring (bicyclic) bond motifs is 1. The second kappa shape index (κ2) is 7.42. The van der Waals surface area contributed by atoms with Gasteiger partial charge in [-0.25, -0.2) is 0 Å². The van der Waals surface area contributed by atoms with E-state index in [4.69, 9.17) is 4.52 Å². The van der Waals surface area contributed by atoms with E-state index in [1.807, 2.05) is 0 Å². The second-order valence-corrected chi connectivity index (χ2v) is 14.2. The van der Waals surface area contributed by atoms with Gasteiger partial charge < -0.3 is 0 Å². The van der Waals surface area contributed by atoms with Crippen LogP contribution in [-0.4, -0.2) is 79.2 Å². The minimum absolute atomic E-state index is 0.0449. The molecule has 2 heterocycles. The van der Waals surface area contributed by atoms with Crippen LogP contribution in [0.15, 0.2) is 40.4 Å². The number of aliphatic hydroxyl groups is 1. The molecule has 2 aliphatic rings. The molecule has 7 nitrogen and oxygen atoms in total. The topological polar surface area (TPSA) is 91.2 Å². The fraction of sp³-hybridized carbons (Fsp3) is 0.231. The van der Waals surface area contributed by atoms with E-state index in [1.165, 1.54) is 0 Å². The van der Waals surface area contributed by atoms with E-state index in [0.717, 1.165) is 0 Å². The molecule has 0 spiro atoms. The van der Waals surface area contributed by atoms with Crippen molar-refractivity contribution in [3.05, 3.63) is 35.6 Å². The number of benzene rings is 1. The quantitative estimate of drug-likeness (QED) is 0.488. The van der Waals surface area contributed by atoms with E-state index < -0.39 is 7.52 Å². The molecule has 1 aromatic carbocycles. The summed E-state index contributed by atoms with van der Waals surface area (Å²) in [7, 11) is -3.46. The Hall–Kier alpha value is 1.16. The van der Waals surface area contributed by atoms with Crippen LogP contribution in [0, 0.1) is 42.8 Å². The number of anilines is 1. The summed E-state index contributed by atoms with van der Waals surface area (Å²) in [5.74, 6) is -0.00491. The first-order chi connectivity index (χ1) is 10.9. The molecule has 0 saturated heterocycles. The molecule has 2 N–H and O–H groups in total. The molecule has 0 fully saturated rings. The van der Waals surface area contributed by atoms with E-state index in [0.29, 0.717) is 11.0 Å². The standard InChI is InChI=1S/C13H12N3O4P.Ra.Rb.H/c1-2-20-21(19)10-6-4-3-5-8(10)15-12(16-21)11-9(17)7-14-13(11)18;;;/h3-7H,2H2,1H3,(H2-,14,15,16,17,18,19);;;/q-1;;+1;. The maximum atomic E-state index is 13.1. The van der Waals surface area contributed by atoms with Crippen molar-refractivity contribution in [1.82, 2.24) is -1.36 Å². The number of aliphatic hydroxyl groups excluding tert-OH is 1. The van der Waals surface area contributed by atoms with Crippen LogP contribution in [0.5, 0.6) is 0 Å². The van der Waals surface area contributed by atoms with Gasteiger partial charge in [0, 0.05) is 0 Å².